The number of carbonyl (C=O) groups is 2. The van der Waals surface area contributed by atoms with Crippen LogP contribution in [0, 0.1) is 41.5 Å². The van der Waals surface area contributed by atoms with Crippen LogP contribution in [0.2, 0.25) is 0 Å². The second-order valence-electron chi connectivity index (χ2n) is 10.5. The molecule has 0 aromatic heterocycles. The summed E-state index contributed by atoms with van der Waals surface area (Å²) in [7, 11) is 0. The summed E-state index contributed by atoms with van der Waals surface area (Å²) < 4.78 is 9.74. The van der Waals surface area contributed by atoms with Crippen LogP contribution in [-0.4, -0.2) is 18.5 Å². The van der Waals surface area contributed by atoms with Gasteiger partial charge in [-0.05, 0) is 138 Å². The number of Topliss-reactive ketones (excluding diaryl/α,β-unsaturated/α-hetero) is 1. The van der Waals surface area contributed by atoms with Crippen LogP contribution in [0.25, 0.3) is 32.3 Å². The first-order valence-electron chi connectivity index (χ1n) is 13.4. The molecule has 0 amide bonds. The highest BCUT2D eigenvalue weighted by molar-refractivity contribution is 6.26. The molecule has 0 aliphatic heterocycles. The summed E-state index contributed by atoms with van der Waals surface area (Å²) in [6, 6.07) is 20.8. The van der Waals surface area contributed by atoms with E-state index in [0.29, 0.717) is 11.3 Å². The van der Waals surface area contributed by atoms with Crippen LogP contribution >= 0.6 is 0 Å². The number of ether oxygens (including phenoxy) is 2. The lowest BCUT2D eigenvalue weighted by Crippen LogP contribution is -2.07. The molecule has 0 fully saturated rings. The van der Waals surface area contributed by atoms with Crippen molar-refractivity contribution < 1.29 is 19.1 Å². The topological polar surface area (TPSA) is 52.6 Å². The van der Waals surface area contributed by atoms with E-state index in [1.165, 1.54) is 72.6 Å². The molecule has 5 aromatic carbocycles. The number of ketones is 1. The third kappa shape index (κ3) is 5.91. The highest BCUT2D eigenvalue weighted by Crippen LogP contribution is 2.38. The minimum atomic E-state index is -0.541. The van der Waals surface area contributed by atoms with Gasteiger partial charge in [0.15, 0.2) is 5.78 Å². The SMILES string of the molecule is C=CC(=O)OCOc1ccc(C(C)=O)cc1.Cc1cc2c3cc(C)c(C)cc3c3cc(C)c(C)cc3c2cc1C. The zero-order valence-electron chi connectivity index (χ0n) is 24.4. The van der Waals surface area contributed by atoms with Gasteiger partial charge >= 0.3 is 5.97 Å². The van der Waals surface area contributed by atoms with Gasteiger partial charge in [-0.15, -0.1) is 0 Å². The van der Waals surface area contributed by atoms with Crippen LogP contribution in [0.1, 0.15) is 50.7 Å². The van der Waals surface area contributed by atoms with Gasteiger partial charge in [-0.2, -0.15) is 0 Å². The summed E-state index contributed by atoms with van der Waals surface area (Å²) in [5.74, 6) is -0.0214. The Morgan fingerprint density at radius 2 is 0.950 bits per heavy atom. The monoisotopic (exact) mass is 532 g/mol. The van der Waals surface area contributed by atoms with Crippen molar-refractivity contribution >= 4 is 44.1 Å². The van der Waals surface area contributed by atoms with Gasteiger partial charge in [-0.25, -0.2) is 4.79 Å². The van der Waals surface area contributed by atoms with E-state index in [-0.39, 0.29) is 12.6 Å². The smallest absolute Gasteiger partial charge is 0.333 e. The number of fused-ring (bicyclic) bond motifs is 6. The van der Waals surface area contributed by atoms with Gasteiger partial charge in [0.25, 0.3) is 0 Å². The highest BCUT2D eigenvalue weighted by atomic mass is 16.7. The summed E-state index contributed by atoms with van der Waals surface area (Å²) in [5.41, 5.74) is 8.80. The first kappa shape index (κ1) is 28.6. The Balaban J connectivity index is 0.000000202. The maximum absolute atomic E-state index is 11.0. The third-order valence-electron chi connectivity index (χ3n) is 7.63. The Morgan fingerprint density at radius 3 is 1.23 bits per heavy atom. The van der Waals surface area contributed by atoms with Crippen molar-refractivity contribution in [1.29, 1.82) is 0 Å². The van der Waals surface area contributed by atoms with E-state index in [0.717, 1.165) is 6.08 Å². The predicted octanol–water partition coefficient (Wildman–Crippen LogP) is 8.95. The van der Waals surface area contributed by atoms with E-state index in [2.05, 4.69) is 89.3 Å². The number of benzene rings is 5. The van der Waals surface area contributed by atoms with Crippen molar-refractivity contribution in [2.24, 2.45) is 0 Å². The maximum atomic E-state index is 11.0. The molecule has 0 aliphatic rings. The van der Waals surface area contributed by atoms with Crippen molar-refractivity contribution in [1.82, 2.24) is 0 Å². The molecule has 0 atom stereocenters. The summed E-state index contributed by atoms with van der Waals surface area (Å²) >= 11 is 0. The third-order valence-corrected chi connectivity index (χ3v) is 7.63. The van der Waals surface area contributed by atoms with Crippen molar-refractivity contribution in [3.63, 3.8) is 0 Å². The zero-order chi connectivity index (χ0) is 29.1. The Bertz CT molecular complexity index is 1510. The lowest BCUT2D eigenvalue weighted by molar-refractivity contribution is -0.144. The Kier molecular flexibility index (Phi) is 8.39. The molecule has 5 aromatic rings. The van der Waals surface area contributed by atoms with Crippen LogP contribution in [0.4, 0.5) is 0 Å². The van der Waals surface area contributed by atoms with Crippen LogP contribution in [0.15, 0.2) is 73.3 Å². The van der Waals surface area contributed by atoms with E-state index in [4.69, 9.17) is 4.74 Å². The molecule has 40 heavy (non-hydrogen) atoms. The van der Waals surface area contributed by atoms with E-state index < -0.39 is 5.97 Å². The first-order valence-corrected chi connectivity index (χ1v) is 13.4. The Labute approximate surface area is 236 Å². The molecule has 0 unspecified atom stereocenters. The largest absolute Gasteiger partial charge is 0.457 e. The van der Waals surface area contributed by atoms with Gasteiger partial charge in [-0.1, -0.05) is 43.0 Å². The van der Waals surface area contributed by atoms with Gasteiger partial charge < -0.3 is 9.47 Å². The summed E-state index contributed by atoms with van der Waals surface area (Å²) in [5, 5.41) is 8.29. The minimum Gasteiger partial charge on any atom is -0.457 e. The fourth-order valence-corrected chi connectivity index (χ4v) is 4.79. The molecule has 0 N–H and O–H groups in total. The molecule has 4 heteroatoms. The lowest BCUT2D eigenvalue weighted by Gasteiger charge is -2.16. The fraction of sp³-hybridized carbons (Fsp3) is 0.222. The quantitative estimate of drug-likeness (QED) is 0.0745. The zero-order valence-corrected chi connectivity index (χ0v) is 24.4. The molecule has 4 nitrogen and oxygen atoms in total. The number of aryl methyl sites for hydroxylation is 6. The van der Waals surface area contributed by atoms with Crippen LogP contribution in [-0.2, 0) is 9.53 Å². The van der Waals surface area contributed by atoms with E-state index in [1.807, 2.05) is 0 Å². The maximum Gasteiger partial charge on any atom is 0.333 e. The van der Waals surface area contributed by atoms with Gasteiger partial charge in [0, 0.05) is 11.6 Å². The number of carbonyl (C=O) groups excluding carboxylic acids is 2. The first-order chi connectivity index (χ1) is 19.0. The van der Waals surface area contributed by atoms with Gasteiger partial charge in [0.05, 0.1) is 0 Å². The molecule has 0 heterocycles. The van der Waals surface area contributed by atoms with Crippen LogP contribution in [0.3, 0.4) is 0 Å². The number of esters is 1. The molecule has 0 bridgehead atoms. The van der Waals surface area contributed by atoms with Gasteiger partial charge in [-0.3, -0.25) is 4.79 Å². The van der Waals surface area contributed by atoms with E-state index in [1.54, 1.807) is 24.3 Å². The summed E-state index contributed by atoms with van der Waals surface area (Å²) in [4.78, 5) is 21.7. The Morgan fingerprint density at radius 1 is 0.625 bits per heavy atom. The van der Waals surface area contributed by atoms with Gasteiger partial charge in [0.2, 0.25) is 6.79 Å². The van der Waals surface area contributed by atoms with E-state index in [9.17, 15) is 9.59 Å². The number of hydrogen-bond acceptors (Lipinski definition) is 4. The molecular weight excluding hydrogens is 496 g/mol. The lowest BCUT2D eigenvalue weighted by atomic mass is 9.88. The molecule has 204 valence electrons. The summed E-state index contributed by atoms with van der Waals surface area (Å²) in [6.45, 7) is 17.8. The number of hydrogen-bond donors (Lipinski definition) is 0. The molecular formula is C36H36O4. The van der Waals surface area contributed by atoms with Crippen molar-refractivity contribution in [2.75, 3.05) is 6.79 Å². The van der Waals surface area contributed by atoms with Crippen molar-refractivity contribution in [2.45, 2.75) is 48.5 Å². The van der Waals surface area contributed by atoms with Gasteiger partial charge in [0.1, 0.15) is 5.75 Å². The molecule has 0 spiro atoms. The summed E-state index contributed by atoms with van der Waals surface area (Å²) in [6.07, 6.45) is 1.06. The highest BCUT2D eigenvalue weighted by Gasteiger charge is 2.12. The average Bonchev–Trinajstić information content (AvgIpc) is 2.92. The van der Waals surface area contributed by atoms with Crippen molar-refractivity contribution in [3.05, 3.63) is 112 Å². The standard InChI is InChI=1S/C24H24.C12H12O4/c1-13-7-19-20(8-14(13)2)22-10-16(4)18(6)12-24(22)23-11-17(5)15(3)9-21(19)23;1-3-12(14)16-8-15-11-6-4-10(5-7-11)9(2)13/h7-12H,1-6H3;3-7H,1,8H2,2H3. The van der Waals surface area contributed by atoms with Crippen molar-refractivity contribution in [3.8, 4) is 5.75 Å². The molecule has 0 saturated heterocycles. The average molecular weight is 533 g/mol. The normalized spacial score (nSPS) is 10.8. The van der Waals surface area contributed by atoms with Crippen LogP contribution in [0.5, 0.6) is 5.75 Å². The van der Waals surface area contributed by atoms with Crippen LogP contribution < -0.4 is 4.74 Å². The molecule has 5 rings (SSSR count). The predicted molar refractivity (Wildman–Crippen MR) is 166 cm³/mol. The Hall–Kier alpha value is -4.44. The molecule has 0 radical (unpaired) electrons. The minimum absolute atomic E-state index is 0.00960. The van der Waals surface area contributed by atoms with E-state index >= 15 is 0 Å². The molecule has 0 saturated carbocycles. The molecule has 0 aliphatic carbocycles. The fourth-order valence-electron chi connectivity index (χ4n) is 4.79. The number of rotatable bonds is 5. The second-order valence-corrected chi connectivity index (χ2v) is 10.5. The second kappa shape index (κ2) is 11.7.